The van der Waals surface area contributed by atoms with Crippen molar-refractivity contribution in [1.29, 1.82) is 0 Å². The van der Waals surface area contributed by atoms with Gasteiger partial charge in [0.25, 0.3) is 5.91 Å². The highest BCUT2D eigenvalue weighted by Crippen LogP contribution is 2.29. The van der Waals surface area contributed by atoms with Gasteiger partial charge in [-0.15, -0.1) is 0 Å². The standard InChI is InChI=1S/C14H19NO4/c1-5-15-14(17)10(3)19-12-7-6-11(9(2)16)8-13(12)18-4/h6-8,10H,5H2,1-4H3,(H,15,17)/t10-/m1/s1. The number of hydrogen-bond donors (Lipinski definition) is 1. The van der Waals surface area contributed by atoms with Gasteiger partial charge in [-0.3, -0.25) is 9.59 Å². The van der Waals surface area contributed by atoms with Gasteiger partial charge in [0.1, 0.15) is 0 Å². The molecule has 0 unspecified atom stereocenters. The van der Waals surface area contributed by atoms with Gasteiger partial charge in [-0.1, -0.05) is 0 Å². The van der Waals surface area contributed by atoms with Gasteiger partial charge in [0.2, 0.25) is 0 Å². The average Bonchev–Trinajstić information content (AvgIpc) is 2.39. The van der Waals surface area contributed by atoms with E-state index in [9.17, 15) is 9.59 Å². The fraction of sp³-hybridized carbons (Fsp3) is 0.429. The second kappa shape index (κ2) is 6.78. The number of likely N-dealkylation sites (N-methyl/N-ethyl adjacent to an activating group) is 1. The van der Waals surface area contributed by atoms with E-state index < -0.39 is 6.10 Å². The predicted molar refractivity (Wildman–Crippen MR) is 71.8 cm³/mol. The Labute approximate surface area is 112 Å². The first-order valence-corrected chi connectivity index (χ1v) is 6.13. The number of nitrogens with one attached hydrogen (secondary N) is 1. The van der Waals surface area contributed by atoms with Gasteiger partial charge in [-0.05, 0) is 39.0 Å². The molecule has 0 spiro atoms. The summed E-state index contributed by atoms with van der Waals surface area (Å²) in [6, 6.07) is 4.87. The number of hydrogen-bond acceptors (Lipinski definition) is 4. The normalized spacial score (nSPS) is 11.6. The molecule has 0 aliphatic heterocycles. The molecule has 1 rings (SSSR count). The second-order valence-electron chi connectivity index (χ2n) is 4.08. The minimum atomic E-state index is -0.628. The lowest BCUT2D eigenvalue weighted by molar-refractivity contribution is -0.127. The Morgan fingerprint density at radius 3 is 2.53 bits per heavy atom. The van der Waals surface area contributed by atoms with Crippen LogP contribution in [0.4, 0.5) is 0 Å². The van der Waals surface area contributed by atoms with Crippen molar-refractivity contribution < 1.29 is 19.1 Å². The fourth-order valence-corrected chi connectivity index (χ4v) is 1.55. The van der Waals surface area contributed by atoms with E-state index in [1.807, 2.05) is 6.92 Å². The molecule has 1 amide bonds. The van der Waals surface area contributed by atoms with Crippen molar-refractivity contribution in [3.8, 4) is 11.5 Å². The molecule has 0 saturated heterocycles. The highest BCUT2D eigenvalue weighted by atomic mass is 16.5. The van der Waals surface area contributed by atoms with Crippen LogP contribution in [0.5, 0.6) is 11.5 Å². The molecule has 0 bridgehead atoms. The summed E-state index contributed by atoms with van der Waals surface area (Å²) in [6.07, 6.45) is -0.628. The van der Waals surface area contributed by atoms with Crippen molar-refractivity contribution in [1.82, 2.24) is 5.32 Å². The molecule has 0 radical (unpaired) electrons. The first kappa shape index (κ1) is 15.0. The minimum Gasteiger partial charge on any atom is -0.493 e. The number of Topliss-reactive ketones (excluding diaryl/α,β-unsaturated/α-hetero) is 1. The third-order valence-corrected chi connectivity index (χ3v) is 2.59. The monoisotopic (exact) mass is 265 g/mol. The lowest BCUT2D eigenvalue weighted by Gasteiger charge is -2.16. The van der Waals surface area contributed by atoms with Gasteiger partial charge in [-0.2, -0.15) is 0 Å². The number of carbonyl (C=O) groups excluding carboxylic acids is 2. The smallest absolute Gasteiger partial charge is 0.260 e. The van der Waals surface area contributed by atoms with E-state index in [2.05, 4.69) is 5.32 Å². The molecule has 0 aliphatic carbocycles. The summed E-state index contributed by atoms with van der Waals surface area (Å²) in [5.41, 5.74) is 0.537. The van der Waals surface area contributed by atoms with Crippen LogP contribution in [0.15, 0.2) is 18.2 Å². The number of methoxy groups -OCH3 is 1. The summed E-state index contributed by atoms with van der Waals surface area (Å²) in [5.74, 6) is 0.622. The molecule has 0 aliphatic rings. The summed E-state index contributed by atoms with van der Waals surface area (Å²) in [7, 11) is 1.49. The first-order valence-electron chi connectivity index (χ1n) is 6.13. The van der Waals surface area contributed by atoms with Gasteiger partial charge in [0.15, 0.2) is 23.4 Å². The maximum absolute atomic E-state index is 11.6. The Kier molecular flexibility index (Phi) is 5.36. The first-order chi connectivity index (χ1) is 8.99. The van der Waals surface area contributed by atoms with Crippen LogP contribution in [-0.2, 0) is 4.79 Å². The van der Waals surface area contributed by atoms with Gasteiger partial charge >= 0.3 is 0 Å². The van der Waals surface area contributed by atoms with Crippen molar-refractivity contribution in [2.24, 2.45) is 0 Å². The second-order valence-corrected chi connectivity index (χ2v) is 4.08. The Balaban J connectivity index is 2.89. The average molecular weight is 265 g/mol. The molecule has 0 aromatic heterocycles. The van der Waals surface area contributed by atoms with Gasteiger partial charge < -0.3 is 14.8 Å². The van der Waals surface area contributed by atoms with E-state index in [-0.39, 0.29) is 11.7 Å². The molecule has 19 heavy (non-hydrogen) atoms. The van der Waals surface area contributed by atoms with Crippen molar-refractivity contribution >= 4 is 11.7 Å². The summed E-state index contributed by atoms with van der Waals surface area (Å²) in [5, 5.41) is 2.67. The Morgan fingerprint density at radius 2 is 2.00 bits per heavy atom. The number of carbonyl (C=O) groups is 2. The largest absolute Gasteiger partial charge is 0.493 e. The zero-order valence-corrected chi connectivity index (χ0v) is 11.6. The van der Waals surface area contributed by atoms with Gasteiger partial charge in [0, 0.05) is 12.1 Å². The van der Waals surface area contributed by atoms with Crippen molar-refractivity contribution in [3.63, 3.8) is 0 Å². The van der Waals surface area contributed by atoms with Crippen LogP contribution in [0.25, 0.3) is 0 Å². The summed E-state index contributed by atoms with van der Waals surface area (Å²) < 4.78 is 10.7. The summed E-state index contributed by atoms with van der Waals surface area (Å²) in [6.45, 7) is 5.52. The molecule has 1 aromatic carbocycles. The van der Waals surface area contributed by atoms with Crippen LogP contribution in [0.2, 0.25) is 0 Å². The number of ketones is 1. The number of amides is 1. The highest BCUT2D eigenvalue weighted by molar-refractivity contribution is 5.94. The Hall–Kier alpha value is -2.04. The van der Waals surface area contributed by atoms with Crippen LogP contribution in [0.3, 0.4) is 0 Å². The molecule has 1 atom stereocenters. The van der Waals surface area contributed by atoms with E-state index in [0.717, 1.165) is 0 Å². The zero-order chi connectivity index (χ0) is 14.4. The topological polar surface area (TPSA) is 64.6 Å². The molecule has 1 aromatic rings. The summed E-state index contributed by atoms with van der Waals surface area (Å²) in [4.78, 5) is 22.9. The van der Waals surface area contributed by atoms with Crippen LogP contribution in [0.1, 0.15) is 31.1 Å². The third kappa shape index (κ3) is 3.98. The van der Waals surface area contributed by atoms with Crippen LogP contribution < -0.4 is 14.8 Å². The van der Waals surface area contributed by atoms with Gasteiger partial charge in [-0.25, -0.2) is 0 Å². The summed E-state index contributed by atoms with van der Waals surface area (Å²) >= 11 is 0. The Bertz CT molecular complexity index is 471. The molecule has 104 valence electrons. The lowest BCUT2D eigenvalue weighted by atomic mass is 10.1. The zero-order valence-electron chi connectivity index (χ0n) is 11.6. The number of rotatable bonds is 6. The van der Waals surface area contributed by atoms with E-state index in [1.165, 1.54) is 14.0 Å². The van der Waals surface area contributed by atoms with E-state index in [0.29, 0.717) is 23.6 Å². The molecular weight excluding hydrogens is 246 g/mol. The highest BCUT2D eigenvalue weighted by Gasteiger charge is 2.16. The maximum atomic E-state index is 11.6. The third-order valence-electron chi connectivity index (χ3n) is 2.59. The van der Waals surface area contributed by atoms with Crippen LogP contribution >= 0.6 is 0 Å². The fourth-order valence-electron chi connectivity index (χ4n) is 1.55. The SMILES string of the molecule is CCNC(=O)[C@@H](C)Oc1ccc(C(C)=O)cc1OC. The number of benzene rings is 1. The molecule has 0 saturated carbocycles. The van der Waals surface area contributed by atoms with Gasteiger partial charge in [0.05, 0.1) is 7.11 Å². The quantitative estimate of drug-likeness (QED) is 0.797. The van der Waals surface area contributed by atoms with E-state index >= 15 is 0 Å². The molecule has 5 nitrogen and oxygen atoms in total. The van der Waals surface area contributed by atoms with Crippen LogP contribution in [0, 0.1) is 0 Å². The van der Waals surface area contributed by atoms with Crippen molar-refractivity contribution in [2.45, 2.75) is 26.9 Å². The van der Waals surface area contributed by atoms with Crippen molar-refractivity contribution in [2.75, 3.05) is 13.7 Å². The molecule has 0 fully saturated rings. The van der Waals surface area contributed by atoms with Crippen LogP contribution in [-0.4, -0.2) is 31.4 Å². The molecule has 1 N–H and O–H groups in total. The van der Waals surface area contributed by atoms with E-state index in [4.69, 9.17) is 9.47 Å². The molecule has 0 heterocycles. The lowest BCUT2D eigenvalue weighted by Crippen LogP contribution is -2.36. The number of ether oxygens (including phenoxy) is 2. The van der Waals surface area contributed by atoms with E-state index in [1.54, 1.807) is 25.1 Å². The van der Waals surface area contributed by atoms with Crippen molar-refractivity contribution in [3.05, 3.63) is 23.8 Å². The minimum absolute atomic E-state index is 0.0541. The maximum Gasteiger partial charge on any atom is 0.260 e. The Morgan fingerprint density at radius 1 is 1.32 bits per heavy atom. The molecular formula is C14H19NO4. The predicted octanol–water partition coefficient (Wildman–Crippen LogP) is 1.80. The molecule has 5 heteroatoms.